The lowest BCUT2D eigenvalue weighted by molar-refractivity contribution is 0.132. The van der Waals surface area contributed by atoms with E-state index in [1.54, 1.807) is 17.6 Å². The summed E-state index contributed by atoms with van der Waals surface area (Å²) in [5.41, 5.74) is 4.71. The number of imidazole rings is 1. The number of fused-ring (bicyclic) bond motifs is 1. The molecule has 7 heteroatoms. The van der Waals surface area contributed by atoms with Crippen LogP contribution < -0.4 is 0 Å². The molecule has 4 aromatic rings. The normalized spacial score (nSPS) is 11.5. The molecule has 27 heavy (non-hydrogen) atoms. The number of benzene rings is 2. The number of oxime groups is 1. The summed E-state index contributed by atoms with van der Waals surface area (Å²) in [6, 6.07) is 13.4. The molecule has 0 amide bonds. The smallest absolute Gasteiger partial charge is 0.194 e. The monoisotopic (exact) mass is 415 g/mol. The van der Waals surface area contributed by atoms with Crippen LogP contribution in [-0.2, 0) is 11.4 Å². The molecule has 0 aliphatic rings. The molecule has 0 saturated carbocycles. The number of rotatable bonds is 5. The fourth-order valence-corrected chi connectivity index (χ4v) is 3.71. The summed E-state index contributed by atoms with van der Waals surface area (Å²) in [6.45, 7) is 2.34. The first-order valence-corrected chi connectivity index (χ1v) is 9.87. The maximum atomic E-state index is 6.05. The maximum absolute atomic E-state index is 6.05. The Morgan fingerprint density at radius 2 is 2.00 bits per heavy atom. The highest BCUT2D eigenvalue weighted by Gasteiger charge is 2.13. The number of aromatic nitrogens is 2. The van der Waals surface area contributed by atoms with Crippen molar-refractivity contribution in [3.8, 4) is 11.3 Å². The summed E-state index contributed by atoms with van der Waals surface area (Å²) in [5, 5.41) is 7.58. The summed E-state index contributed by atoms with van der Waals surface area (Å²) in [5.74, 6) is 0. The van der Waals surface area contributed by atoms with Crippen LogP contribution in [0.15, 0.2) is 59.2 Å². The van der Waals surface area contributed by atoms with Crippen molar-refractivity contribution in [3.05, 3.63) is 80.9 Å². The second-order valence-corrected chi connectivity index (χ2v) is 7.72. The van der Waals surface area contributed by atoms with Crippen LogP contribution in [0.2, 0.25) is 10.0 Å². The Morgan fingerprint density at radius 3 is 2.78 bits per heavy atom. The second-order valence-electron chi connectivity index (χ2n) is 6.00. The van der Waals surface area contributed by atoms with E-state index < -0.39 is 0 Å². The molecule has 0 atom stereocenters. The Balaban J connectivity index is 1.58. The van der Waals surface area contributed by atoms with Gasteiger partial charge in [0.2, 0.25) is 0 Å². The molecule has 4 rings (SSSR count). The third-order valence-electron chi connectivity index (χ3n) is 4.12. The number of nitrogens with zero attached hydrogens (tertiary/aromatic N) is 3. The first-order chi connectivity index (χ1) is 13.1. The average Bonchev–Trinajstić information content (AvgIpc) is 3.24. The van der Waals surface area contributed by atoms with Crippen molar-refractivity contribution in [2.45, 2.75) is 13.5 Å². The number of hydrogen-bond donors (Lipinski definition) is 0. The molecule has 0 aliphatic heterocycles. The molecular weight excluding hydrogens is 401 g/mol. The molecule has 0 spiro atoms. The average molecular weight is 416 g/mol. The summed E-state index contributed by atoms with van der Waals surface area (Å²) in [7, 11) is 0. The second kappa shape index (κ2) is 7.72. The van der Waals surface area contributed by atoms with Gasteiger partial charge in [-0.15, -0.1) is 11.3 Å². The number of thiazole rings is 1. The summed E-state index contributed by atoms with van der Waals surface area (Å²) >= 11 is 13.6. The Labute approximate surface area is 170 Å². The maximum Gasteiger partial charge on any atom is 0.194 e. The molecule has 0 radical (unpaired) electrons. The summed E-state index contributed by atoms with van der Waals surface area (Å²) < 4.78 is 1.99. The molecule has 0 fully saturated rings. The van der Waals surface area contributed by atoms with Crippen molar-refractivity contribution in [3.63, 3.8) is 0 Å². The van der Waals surface area contributed by atoms with Gasteiger partial charge in [0.15, 0.2) is 4.96 Å². The van der Waals surface area contributed by atoms with E-state index in [4.69, 9.17) is 33.0 Å². The van der Waals surface area contributed by atoms with E-state index in [9.17, 15) is 0 Å². The van der Waals surface area contributed by atoms with Crippen molar-refractivity contribution < 1.29 is 4.84 Å². The Bertz CT molecular complexity index is 1120. The van der Waals surface area contributed by atoms with Gasteiger partial charge in [-0.05, 0) is 36.2 Å². The molecular formula is C20H15Cl2N3OS. The number of halogens is 2. The molecule has 0 bridgehead atoms. The quantitative estimate of drug-likeness (QED) is 0.286. The molecule has 2 heterocycles. The molecule has 0 saturated heterocycles. The van der Waals surface area contributed by atoms with Crippen LogP contribution in [0.3, 0.4) is 0 Å². The van der Waals surface area contributed by atoms with Crippen LogP contribution in [0.5, 0.6) is 0 Å². The van der Waals surface area contributed by atoms with Crippen molar-refractivity contribution in [2.24, 2.45) is 5.16 Å². The van der Waals surface area contributed by atoms with Crippen molar-refractivity contribution in [2.75, 3.05) is 0 Å². The molecule has 4 nitrogen and oxygen atoms in total. The fraction of sp³-hybridized carbons (Fsp3) is 0.100. The SMILES string of the molecule is Cc1cc(CO/N=C/c2c(-c3ccc(Cl)cc3)nc3sccn23)ccc1Cl. The zero-order valence-corrected chi connectivity index (χ0v) is 16.7. The molecule has 136 valence electrons. The lowest BCUT2D eigenvalue weighted by atomic mass is 10.1. The minimum absolute atomic E-state index is 0.371. The fourth-order valence-electron chi connectivity index (χ4n) is 2.74. The van der Waals surface area contributed by atoms with Crippen LogP contribution in [0.1, 0.15) is 16.8 Å². The van der Waals surface area contributed by atoms with Crippen LogP contribution in [-0.4, -0.2) is 15.6 Å². The Hall–Kier alpha value is -2.34. The first kappa shape index (κ1) is 18.0. The van der Waals surface area contributed by atoms with E-state index in [0.717, 1.165) is 38.1 Å². The molecule has 0 aliphatic carbocycles. The van der Waals surface area contributed by atoms with Gasteiger partial charge in [-0.25, -0.2) is 4.98 Å². The van der Waals surface area contributed by atoms with E-state index in [1.165, 1.54) is 0 Å². The predicted molar refractivity (Wildman–Crippen MR) is 112 cm³/mol. The van der Waals surface area contributed by atoms with E-state index in [2.05, 4.69) is 5.16 Å². The van der Waals surface area contributed by atoms with Gasteiger partial charge in [-0.1, -0.05) is 52.6 Å². The molecule has 0 unspecified atom stereocenters. The topological polar surface area (TPSA) is 38.9 Å². The lowest BCUT2D eigenvalue weighted by Gasteiger charge is -2.03. The van der Waals surface area contributed by atoms with Gasteiger partial charge in [0.25, 0.3) is 0 Å². The van der Waals surface area contributed by atoms with Gasteiger partial charge in [0.1, 0.15) is 6.61 Å². The van der Waals surface area contributed by atoms with Crippen molar-refractivity contribution in [1.82, 2.24) is 9.38 Å². The van der Waals surface area contributed by atoms with Crippen molar-refractivity contribution >= 4 is 45.7 Å². The van der Waals surface area contributed by atoms with E-state index in [-0.39, 0.29) is 0 Å². The Morgan fingerprint density at radius 1 is 1.19 bits per heavy atom. The molecule has 2 aromatic carbocycles. The summed E-state index contributed by atoms with van der Waals surface area (Å²) in [4.78, 5) is 11.1. The van der Waals surface area contributed by atoms with Gasteiger partial charge in [-0.3, -0.25) is 4.40 Å². The zero-order chi connectivity index (χ0) is 18.8. The minimum Gasteiger partial charge on any atom is -0.391 e. The largest absolute Gasteiger partial charge is 0.391 e. The number of aryl methyl sites for hydroxylation is 1. The van der Waals surface area contributed by atoms with Gasteiger partial charge < -0.3 is 4.84 Å². The lowest BCUT2D eigenvalue weighted by Crippen LogP contribution is -1.94. The highest BCUT2D eigenvalue weighted by atomic mass is 35.5. The van der Waals surface area contributed by atoms with Gasteiger partial charge in [-0.2, -0.15) is 0 Å². The van der Waals surface area contributed by atoms with Crippen molar-refractivity contribution in [1.29, 1.82) is 0 Å². The predicted octanol–water partition coefficient (Wildman–Crippen LogP) is 6.23. The van der Waals surface area contributed by atoms with Crippen LogP contribution in [0.25, 0.3) is 16.2 Å². The van der Waals surface area contributed by atoms with E-state index >= 15 is 0 Å². The highest BCUT2D eigenvalue weighted by molar-refractivity contribution is 7.15. The summed E-state index contributed by atoms with van der Waals surface area (Å²) in [6.07, 6.45) is 3.66. The van der Waals surface area contributed by atoms with Crippen LogP contribution >= 0.6 is 34.5 Å². The first-order valence-electron chi connectivity index (χ1n) is 8.23. The molecule has 2 aromatic heterocycles. The zero-order valence-electron chi connectivity index (χ0n) is 14.4. The van der Waals surface area contributed by atoms with Gasteiger partial charge in [0.05, 0.1) is 17.6 Å². The third kappa shape index (κ3) is 3.86. The highest BCUT2D eigenvalue weighted by Crippen LogP contribution is 2.27. The Kier molecular flexibility index (Phi) is 5.16. The number of hydrogen-bond acceptors (Lipinski definition) is 4. The van der Waals surface area contributed by atoms with Gasteiger partial charge in [0, 0.05) is 27.2 Å². The third-order valence-corrected chi connectivity index (χ3v) is 5.55. The standard InChI is InChI=1S/C20H15Cl2N3OS/c1-13-10-14(2-7-17(13)22)12-26-23-11-18-19(15-3-5-16(21)6-4-15)24-20-25(18)8-9-27-20/h2-11H,12H2,1H3/b23-11+. The van der Waals surface area contributed by atoms with Gasteiger partial charge >= 0.3 is 0 Å². The van der Waals surface area contributed by atoms with E-state index in [0.29, 0.717) is 11.6 Å². The molecule has 0 N–H and O–H groups in total. The van der Waals surface area contributed by atoms with Crippen LogP contribution in [0.4, 0.5) is 0 Å². The van der Waals surface area contributed by atoms with Crippen LogP contribution in [0, 0.1) is 6.92 Å². The van der Waals surface area contributed by atoms with E-state index in [1.807, 2.05) is 65.4 Å². The minimum atomic E-state index is 0.371.